The molecule has 2 aromatic rings. The number of halogens is 1. The molecule has 0 saturated carbocycles. The largest absolute Gasteiger partial charge is 0.271 e. The first kappa shape index (κ1) is 13.3. The molecule has 1 aliphatic rings. The lowest BCUT2D eigenvalue weighted by molar-refractivity contribution is 0.560. The van der Waals surface area contributed by atoms with Crippen LogP contribution in [-0.2, 0) is 19.3 Å². The van der Waals surface area contributed by atoms with E-state index in [9.17, 15) is 0 Å². The Kier molecular flexibility index (Phi) is 4.03. The molecule has 1 aromatic carbocycles. The molecule has 3 N–H and O–H groups in total. The molecule has 2 nitrogen and oxygen atoms in total. The van der Waals surface area contributed by atoms with Gasteiger partial charge in [-0.15, -0.1) is 11.3 Å². The average molecular weight is 337 g/mol. The highest BCUT2D eigenvalue weighted by atomic mass is 79.9. The number of benzene rings is 1. The van der Waals surface area contributed by atoms with E-state index in [1.807, 2.05) is 0 Å². The first-order valence-corrected chi connectivity index (χ1v) is 8.24. The van der Waals surface area contributed by atoms with Crippen molar-refractivity contribution in [2.24, 2.45) is 5.84 Å². The molecule has 1 aliphatic carbocycles. The molecule has 1 atom stereocenters. The summed E-state index contributed by atoms with van der Waals surface area (Å²) in [6.07, 6.45) is 4.71. The van der Waals surface area contributed by atoms with Crippen LogP contribution in [0.15, 0.2) is 34.1 Å². The van der Waals surface area contributed by atoms with Crippen molar-refractivity contribution in [2.45, 2.75) is 31.7 Å². The van der Waals surface area contributed by atoms with Gasteiger partial charge < -0.3 is 0 Å². The van der Waals surface area contributed by atoms with E-state index < -0.39 is 0 Å². The molecule has 0 radical (unpaired) electrons. The summed E-state index contributed by atoms with van der Waals surface area (Å²) >= 11 is 5.24. The zero-order valence-corrected chi connectivity index (χ0v) is 13.1. The summed E-state index contributed by atoms with van der Waals surface area (Å²) in [4.78, 5) is 1.27. The van der Waals surface area contributed by atoms with Gasteiger partial charge in [-0.3, -0.25) is 11.3 Å². The standard InChI is InChI=1S/C15H17BrN2S/c16-13-8-15(19-9-13)14(18-17)7-10-4-5-11-2-1-3-12(11)6-10/h4-6,8-9,14,18H,1-3,7,17H2. The molecule has 0 aliphatic heterocycles. The molecule has 100 valence electrons. The molecule has 4 heteroatoms. The van der Waals surface area contributed by atoms with Gasteiger partial charge in [-0.1, -0.05) is 18.2 Å². The number of fused-ring (bicyclic) bond motifs is 1. The van der Waals surface area contributed by atoms with E-state index >= 15 is 0 Å². The van der Waals surface area contributed by atoms with Gasteiger partial charge in [0.2, 0.25) is 0 Å². The first-order chi connectivity index (χ1) is 9.26. The van der Waals surface area contributed by atoms with Crippen LogP contribution >= 0.6 is 27.3 Å². The Hall–Kier alpha value is -0.680. The monoisotopic (exact) mass is 336 g/mol. The number of hydrogen-bond donors (Lipinski definition) is 2. The maximum absolute atomic E-state index is 5.72. The van der Waals surface area contributed by atoms with Crippen LogP contribution in [-0.4, -0.2) is 0 Å². The number of hydrogen-bond acceptors (Lipinski definition) is 3. The molecule has 1 aromatic heterocycles. The van der Waals surface area contributed by atoms with Gasteiger partial charge in [-0.25, -0.2) is 0 Å². The summed E-state index contributed by atoms with van der Waals surface area (Å²) in [7, 11) is 0. The van der Waals surface area contributed by atoms with Crippen molar-refractivity contribution in [3.8, 4) is 0 Å². The van der Waals surface area contributed by atoms with E-state index in [1.165, 1.54) is 40.8 Å². The van der Waals surface area contributed by atoms with Crippen molar-refractivity contribution in [1.82, 2.24) is 5.43 Å². The smallest absolute Gasteiger partial charge is 0.0593 e. The van der Waals surface area contributed by atoms with Crippen LogP contribution in [0.4, 0.5) is 0 Å². The fourth-order valence-electron chi connectivity index (χ4n) is 2.74. The molecule has 1 unspecified atom stereocenters. The number of nitrogens with one attached hydrogen (secondary N) is 1. The van der Waals surface area contributed by atoms with Gasteiger partial charge in [0.25, 0.3) is 0 Å². The van der Waals surface area contributed by atoms with Crippen LogP contribution in [0.5, 0.6) is 0 Å². The first-order valence-electron chi connectivity index (χ1n) is 6.57. The van der Waals surface area contributed by atoms with Gasteiger partial charge in [0.1, 0.15) is 0 Å². The quantitative estimate of drug-likeness (QED) is 0.659. The van der Waals surface area contributed by atoms with E-state index in [4.69, 9.17) is 5.84 Å². The fraction of sp³-hybridized carbons (Fsp3) is 0.333. The maximum atomic E-state index is 5.72. The zero-order chi connectivity index (χ0) is 13.2. The Morgan fingerprint density at radius 1 is 1.26 bits per heavy atom. The van der Waals surface area contributed by atoms with Crippen LogP contribution in [0, 0.1) is 0 Å². The molecule has 19 heavy (non-hydrogen) atoms. The summed E-state index contributed by atoms with van der Waals surface area (Å²) in [5.74, 6) is 5.72. The van der Waals surface area contributed by atoms with Crippen LogP contribution in [0.25, 0.3) is 0 Å². The van der Waals surface area contributed by atoms with E-state index in [0.717, 1.165) is 10.9 Å². The Morgan fingerprint density at radius 2 is 2.11 bits per heavy atom. The maximum Gasteiger partial charge on any atom is 0.0593 e. The minimum atomic E-state index is 0.191. The minimum absolute atomic E-state index is 0.191. The van der Waals surface area contributed by atoms with Gasteiger partial charge in [0, 0.05) is 14.7 Å². The third-order valence-corrected chi connectivity index (χ3v) is 5.54. The molecule has 0 saturated heterocycles. The van der Waals surface area contributed by atoms with E-state index in [2.05, 4.69) is 51.0 Å². The predicted octanol–water partition coefficient (Wildman–Crippen LogP) is 3.75. The van der Waals surface area contributed by atoms with Crippen molar-refractivity contribution >= 4 is 27.3 Å². The highest BCUT2D eigenvalue weighted by Crippen LogP contribution is 2.29. The fourth-order valence-corrected chi connectivity index (χ4v) is 4.25. The molecular formula is C15H17BrN2S. The second-order valence-electron chi connectivity index (χ2n) is 5.05. The van der Waals surface area contributed by atoms with Crippen LogP contribution in [0.2, 0.25) is 0 Å². The van der Waals surface area contributed by atoms with Gasteiger partial charge in [0.15, 0.2) is 0 Å². The Morgan fingerprint density at radius 3 is 2.84 bits per heavy atom. The van der Waals surface area contributed by atoms with Gasteiger partial charge in [-0.05, 0) is 64.4 Å². The summed E-state index contributed by atoms with van der Waals surface area (Å²) in [5, 5.41) is 2.10. The van der Waals surface area contributed by atoms with Gasteiger partial charge in [0.05, 0.1) is 6.04 Å². The van der Waals surface area contributed by atoms with Crippen LogP contribution in [0.1, 0.15) is 34.0 Å². The van der Waals surface area contributed by atoms with Crippen molar-refractivity contribution in [1.29, 1.82) is 0 Å². The van der Waals surface area contributed by atoms with E-state index in [0.29, 0.717) is 0 Å². The molecule has 0 spiro atoms. The van der Waals surface area contributed by atoms with Crippen molar-refractivity contribution in [2.75, 3.05) is 0 Å². The zero-order valence-electron chi connectivity index (χ0n) is 10.7. The molecule has 3 rings (SSSR count). The van der Waals surface area contributed by atoms with Gasteiger partial charge >= 0.3 is 0 Å². The average Bonchev–Trinajstić information content (AvgIpc) is 3.04. The second-order valence-corrected chi connectivity index (χ2v) is 6.91. The van der Waals surface area contributed by atoms with Crippen molar-refractivity contribution in [3.63, 3.8) is 0 Å². The second kappa shape index (κ2) is 5.75. The molecule has 0 fully saturated rings. The third kappa shape index (κ3) is 2.92. The Balaban J connectivity index is 1.79. The number of thiophene rings is 1. The number of aryl methyl sites for hydroxylation is 2. The highest BCUT2D eigenvalue weighted by molar-refractivity contribution is 9.10. The highest BCUT2D eigenvalue weighted by Gasteiger charge is 2.15. The normalized spacial score (nSPS) is 15.5. The van der Waals surface area contributed by atoms with Crippen LogP contribution in [0.3, 0.4) is 0 Å². The molecule has 0 amide bonds. The molecule has 0 bridgehead atoms. The van der Waals surface area contributed by atoms with E-state index in [1.54, 1.807) is 11.3 Å². The minimum Gasteiger partial charge on any atom is -0.271 e. The Labute approximate surface area is 126 Å². The predicted molar refractivity (Wildman–Crippen MR) is 84.3 cm³/mol. The van der Waals surface area contributed by atoms with Gasteiger partial charge in [-0.2, -0.15) is 0 Å². The lowest BCUT2D eigenvalue weighted by Crippen LogP contribution is -2.29. The van der Waals surface area contributed by atoms with Crippen molar-refractivity contribution < 1.29 is 0 Å². The number of rotatable bonds is 4. The van der Waals surface area contributed by atoms with Crippen molar-refractivity contribution in [3.05, 3.63) is 55.7 Å². The van der Waals surface area contributed by atoms with E-state index in [-0.39, 0.29) is 6.04 Å². The summed E-state index contributed by atoms with van der Waals surface area (Å²) in [6, 6.07) is 9.22. The summed E-state index contributed by atoms with van der Waals surface area (Å²) < 4.78 is 1.13. The SMILES string of the molecule is NNC(Cc1ccc2c(c1)CCC2)c1cc(Br)cs1. The Bertz CT molecular complexity index is 579. The summed E-state index contributed by atoms with van der Waals surface area (Å²) in [6.45, 7) is 0. The number of nitrogens with two attached hydrogens (primary N) is 1. The van der Waals surface area contributed by atoms with Crippen LogP contribution < -0.4 is 11.3 Å². The number of hydrazine groups is 1. The lowest BCUT2D eigenvalue weighted by Gasteiger charge is -2.15. The topological polar surface area (TPSA) is 38.0 Å². The molecular weight excluding hydrogens is 320 g/mol. The molecule has 1 heterocycles. The summed E-state index contributed by atoms with van der Waals surface area (Å²) in [5.41, 5.74) is 7.36. The third-order valence-electron chi connectivity index (χ3n) is 3.74. The lowest BCUT2D eigenvalue weighted by atomic mass is 10.0.